The van der Waals surface area contributed by atoms with Gasteiger partial charge in [-0.1, -0.05) is 42.8 Å². The van der Waals surface area contributed by atoms with Gasteiger partial charge in [-0.05, 0) is 25.1 Å². The molecule has 3 rings (SSSR count). The Hall–Kier alpha value is -2.48. The standard InChI is InChI=1S/C21H24N2O4S/c1-3-23(28(26,27)19-10-8-16(2)9-11-19)14-18(25)13-22-12-17(15-24)20-6-4-5-7-21(20)22/h4-12,15,18,25H,3,13-14H2,1-2H3/t18-/m0/s1. The molecule has 0 aliphatic carbocycles. The molecule has 0 amide bonds. The van der Waals surface area contributed by atoms with Gasteiger partial charge in [0.25, 0.3) is 0 Å². The largest absolute Gasteiger partial charge is 0.390 e. The fraction of sp³-hybridized carbons (Fsp3) is 0.286. The summed E-state index contributed by atoms with van der Waals surface area (Å²) in [5.74, 6) is 0. The number of aliphatic hydroxyl groups is 1. The maximum absolute atomic E-state index is 12.9. The van der Waals surface area contributed by atoms with E-state index in [1.807, 2.05) is 31.2 Å². The molecule has 0 saturated heterocycles. The van der Waals surface area contributed by atoms with Crippen LogP contribution in [0.2, 0.25) is 0 Å². The Labute approximate surface area is 165 Å². The lowest BCUT2D eigenvalue weighted by atomic mass is 10.2. The third kappa shape index (κ3) is 4.01. The van der Waals surface area contributed by atoms with Crippen LogP contribution in [0.3, 0.4) is 0 Å². The number of likely N-dealkylation sites (N-methyl/N-ethyl adjacent to an activating group) is 1. The van der Waals surface area contributed by atoms with E-state index in [-0.39, 0.29) is 24.5 Å². The van der Waals surface area contributed by atoms with Gasteiger partial charge in [-0.15, -0.1) is 0 Å². The van der Waals surface area contributed by atoms with Crippen LogP contribution in [-0.2, 0) is 16.6 Å². The summed E-state index contributed by atoms with van der Waals surface area (Å²) >= 11 is 0. The number of aliphatic hydroxyl groups excluding tert-OH is 1. The van der Waals surface area contributed by atoms with E-state index in [4.69, 9.17) is 0 Å². The average Bonchev–Trinajstić information content (AvgIpc) is 3.04. The molecule has 7 heteroatoms. The zero-order valence-electron chi connectivity index (χ0n) is 15.9. The van der Waals surface area contributed by atoms with E-state index in [9.17, 15) is 18.3 Å². The summed E-state index contributed by atoms with van der Waals surface area (Å²) in [7, 11) is -3.69. The van der Waals surface area contributed by atoms with E-state index in [0.29, 0.717) is 5.56 Å². The summed E-state index contributed by atoms with van der Waals surface area (Å²) in [4.78, 5) is 11.5. The molecule has 0 saturated carbocycles. The number of aryl methyl sites for hydroxylation is 1. The molecule has 0 aliphatic heterocycles. The van der Waals surface area contributed by atoms with Gasteiger partial charge in [-0.3, -0.25) is 4.79 Å². The van der Waals surface area contributed by atoms with E-state index in [1.54, 1.807) is 42.0 Å². The Morgan fingerprint density at radius 3 is 2.46 bits per heavy atom. The van der Waals surface area contributed by atoms with E-state index in [1.165, 1.54) is 4.31 Å². The molecule has 0 radical (unpaired) electrons. The van der Waals surface area contributed by atoms with Gasteiger partial charge in [0.05, 0.1) is 11.0 Å². The lowest BCUT2D eigenvalue weighted by Crippen LogP contribution is -2.38. The number of aldehydes is 1. The number of sulfonamides is 1. The van der Waals surface area contributed by atoms with Crippen molar-refractivity contribution in [2.75, 3.05) is 13.1 Å². The summed E-state index contributed by atoms with van der Waals surface area (Å²) in [6, 6.07) is 14.1. The molecule has 148 valence electrons. The minimum Gasteiger partial charge on any atom is -0.390 e. The van der Waals surface area contributed by atoms with E-state index in [2.05, 4.69) is 0 Å². The molecule has 2 aromatic carbocycles. The van der Waals surface area contributed by atoms with Gasteiger partial charge in [0.1, 0.15) is 0 Å². The molecule has 0 bridgehead atoms. The van der Waals surface area contributed by atoms with Gasteiger partial charge in [-0.2, -0.15) is 4.31 Å². The Morgan fingerprint density at radius 2 is 1.82 bits per heavy atom. The highest BCUT2D eigenvalue weighted by Crippen LogP contribution is 2.21. The molecule has 0 aliphatic rings. The van der Waals surface area contributed by atoms with Crippen LogP contribution < -0.4 is 0 Å². The first-order chi connectivity index (χ1) is 13.4. The van der Waals surface area contributed by atoms with E-state index >= 15 is 0 Å². The number of hydrogen-bond donors (Lipinski definition) is 1. The molecular formula is C21H24N2O4S. The van der Waals surface area contributed by atoms with E-state index < -0.39 is 16.1 Å². The molecule has 1 aromatic heterocycles. The zero-order chi connectivity index (χ0) is 20.3. The Morgan fingerprint density at radius 1 is 1.14 bits per heavy atom. The van der Waals surface area contributed by atoms with Crippen molar-refractivity contribution in [3.05, 3.63) is 65.9 Å². The van der Waals surface area contributed by atoms with Crippen LogP contribution in [-0.4, -0.2) is 47.9 Å². The number of carbonyl (C=O) groups excluding carboxylic acids is 1. The minimum absolute atomic E-state index is 0.0321. The maximum Gasteiger partial charge on any atom is 0.243 e. The van der Waals surface area contributed by atoms with E-state index in [0.717, 1.165) is 22.8 Å². The molecule has 28 heavy (non-hydrogen) atoms. The Balaban J connectivity index is 1.80. The maximum atomic E-state index is 12.9. The molecule has 1 atom stereocenters. The van der Waals surface area contributed by atoms with Crippen molar-refractivity contribution in [1.82, 2.24) is 8.87 Å². The molecule has 6 nitrogen and oxygen atoms in total. The third-order valence-corrected chi connectivity index (χ3v) is 6.73. The summed E-state index contributed by atoms with van der Waals surface area (Å²) in [6.07, 6.45) is 1.55. The number of hydrogen-bond acceptors (Lipinski definition) is 4. The van der Waals surface area contributed by atoms with Crippen molar-refractivity contribution in [3.8, 4) is 0 Å². The van der Waals surface area contributed by atoms with Crippen molar-refractivity contribution < 1.29 is 18.3 Å². The SMILES string of the molecule is CCN(C[C@@H](O)Cn1cc(C=O)c2ccccc21)S(=O)(=O)c1ccc(C)cc1. The van der Waals surface area contributed by atoms with Crippen LogP contribution in [0, 0.1) is 6.92 Å². The molecule has 1 heterocycles. The van der Waals surface area contributed by atoms with Crippen LogP contribution in [0.25, 0.3) is 10.9 Å². The van der Waals surface area contributed by atoms with Crippen LogP contribution in [0.15, 0.2) is 59.6 Å². The highest BCUT2D eigenvalue weighted by molar-refractivity contribution is 7.89. The molecule has 1 N–H and O–H groups in total. The van der Waals surface area contributed by atoms with Gasteiger partial charge < -0.3 is 9.67 Å². The van der Waals surface area contributed by atoms with Gasteiger partial charge in [0, 0.05) is 42.3 Å². The Kier molecular flexibility index (Phi) is 5.98. The van der Waals surface area contributed by atoms with Gasteiger partial charge in [-0.25, -0.2) is 8.42 Å². The van der Waals surface area contributed by atoms with Crippen LogP contribution in [0.4, 0.5) is 0 Å². The molecule has 3 aromatic rings. The minimum atomic E-state index is -3.69. The van der Waals surface area contributed by atoms with Gasteiger partial charge in [0.15, 0.2) is 6.29 Å². The van der Waals surface area contributed by atoms with Crippen molar-refractivity contribution in [3.63, 3.8) is 0 Å². The number of fused-ring (bicyclic) bond motifs is 1. The first kappa shape index (κ1) is 20.3. The first-order valence-corrected chi connectivity index (χ1v) is 10.6. The lowest BCUT2D eigenvalue weighted by Gasteiger charge is -2.24. The predicted molar refractivity (Wildman–Crippen MR) is 109 cm³/mol. The number of aromatic nitrogens is 1. The number of benzene rings is 2. The quantitative estimate of drug-likeness (QED) is 0.590. The zero-order valence-corrected chi connectivity index (χ0v) is 16.8. The highest BCUT2D eigenvalue weighted by Gasteiger charge is 2.25. The number of nitrogens with zero attached hydrogens (tertiary/aromatic N) is 2. The number of rotatable bonds is 8. The van der Waals surface area contributed by atoms with Crippen molar-refractivity contribution in [2.45, 2.75) is 31.4 Å². The smallest absolute Gasteiger partial charge is 0.243 e. The average molecular weight is 401 g/mol. The number of carbonyl (C=O) groups is 1. The summed E-state index contributed by atoms with van der Waals surface area (Å²) < 4.78 is 28.8. The summed E-state index contributed by atoms with van der Waals surface area (Å²) in [6.45, 7) is 4.05. The number of para-hydroxylation sites is 1. The van der Waals surface area contributed by atoms with Crippen LogP contribution in [0.1, 0.15) is 22.8 Å². The van der Waals surface area contributed by atoms with Crippen molar-refractivity contribution in [1.29, 1.82) is 0 Å². The van der Waals surface area contributed by atoms with Crippen molar-refractivity contribution in [2.24, 2.45) is 0 Å². The highest BCUT2D eigenvalue weighted by atomic mass is 32.2. The van der Waals surface area contributed by atoms with Crippen molar-refractivity contribution >= 4 is 27.2 Å². The lowest BCUT2D eigenvalue weighted by molar-refractivity contribution is 0.112. The molecular weight excluding hydrogens is 376 g/mol. The Bertz CT molecular complexity index is 1070. The predicted octanol–water partition coefficient (Wildman–Crippen LogP) is 2.83. The summed E-state index contributed by atoms with van der Waals surface area (Å²) in [5, 5.41) is 11.4. The first-order valence-electron chi connectivity index (χ1n) is 9.14. The normalized spacial score (nSPS) is 13.1. The third-order valence-electron chi connectivity index (χ3n) is 4.78. The molecule has 0 spiro atoms. The fourth-order valence-electron chi connectivity index (χ4n) is 3.30. The van der Waals surface area contributed by atoms with Crippen LogP contribution in [0.5, 0.6) is 0 Å². The fourth-order valence-corrected chi connectivity index (χ4v) is 4.78. The summed E-state index contributed by atoms with van der Waals surface area (Å²) in [5.41, 5.74) is 2.35. The van der Waals surface area contributed by atoms with Crippen LogP contribution >= 0.6 is 0 Å². The second kappa shape index (κ2) is 8.26. The second-order valence-electron chi connectivity index (χ2n) is 6.79. The topological polar surface area (TPSA) is 79.6 Å². The van der Waals surface area contributed by atoms with Gasteiger partial charge >= 0.3 is 0 Å². The second-order valence-corrected chi connectivity index (χ2v) is 8.73. The van der Waals surface area contributed by atoms with Gasteiger partial charge in [0.2, 0.25) is 10.0 Å². The monoisotopic (exact) mass is 400 g/mol. The molecule has 0 unspecified atom stereocenters. The molecule has 0 fully saturated rings.